The standard InChI is InChI=1S/C19H22FN3O4/c1-22-18(25)14(10-21-19(22)26)9-17(24)23-8-2-3-13(11-23)12-27-16-6-4-15(20)5-7-16/h4-7,10,13H,2-3,8-9,11-12H2,1H3,(H,21,26). The van der Waals surface area contributed by atoms with Gasteiger partial charge in [-0.15, -0.1) is 0 Å². The predicted octanol–water partition coefficient (Wildman–Crippen LogP) is 1.07. The largest absolute Gasteiger partial charge is 0.493 e. The number of aromatic nitrogens is 2. The fraction of sp³-hybridized carbons (Fsp3) is 0.421. The Labute approximate surface area is 155 Å². The summed E-state index contributed by atoms with van der Waals surface area (Å²) in [6.07, 6.45) is 3.05. The minimum Gasteiger partial charge on any atom is -0.493 e. The number of piperidine rings is 1. The molecule has 3 rings (SSSR count). The summed E-state index contributed by atoms with van der Waals surface area (Å²) in [5, 5.41) is 0. The highest BCUT2D eigenvalue weighted by atomic mass is 19.1. The normalized spacial score (nSPS) is 17.0. The van der Waals surface area contributed by atoms with E-state index in [0.29, 0.717) is 25.4 Å². The molecule has 1 amide bonds. The van der Waals surface area contributed by atoms with E-state index < -0.39 is 11.2 Å². The van der Waals surface area contributed by atoms with Crippen LogP contribution in [0.2, 0.25) is 0 Å². The van der Waals surface area contributed by atoms with Gasteiger partial charge in [-0.1, -0.05) is 0 Å². The van der Waals surface area contributed by atoms with Crippen LogP contribution in [0.5, 0.6) is 5.75 Å². The van der Waals surface area contributed by atoms with Gasteiger partial charge in [0.1, 0.15) is 11.6 Å². The van der Waals surface area contributed by atoms with Crippen LogP contribution in [0.4, 0.5) is 4.39 Å². The summed E-state index contributed by atoms with van der Waals surface area (Å²) >= 11 is 0. The van der Waals surface area contributed by atoms with Gasteiger partial charge in [-0.25, -0.2) is 9.18 Å². The van der Waals surface area contributed by atoms with Gasteiger partial charge in [-0.2, -0.15) is 0 Å². The molecule has 0 aliphatic carbocycles. The number of carbonyl (C=O) groups is 1. The molecule has 1 atom stereocenters. The van der Waals surface area contributed by atoms with Crippen molar-refractivity contribution in [2.75, 3.05) is 19.7 Å². The van der Waals surface area contributed by atoms with E-state index in [1.165, 1.54) is 25.4 Å². The number of hydrogen-bond acceptors (Lipinski definition) is 4. The number of carbonyl (C=O) groups excluding carboxylic acids is 1. The van der Waals surface area contributed by atoms with E-state index in [0.717, 1.165) is 17.4 Å². The second kappa shape index (κ2) is 8.20. The van der Waals surface area contributed by atoms with Crippen molar-refractivity contribution >= 4 is 5.91 Å². The Balaban J connectivity index is 1.58. The monoisotopic (exact) mass is 375 g/mol. The van der Waals surface area contributed by atoms with Gasteiger partial charge >= 0.3 is 5.69 Å². The molecule has 7 nitrogen and oxygen atoms in total. The maximum atomic E-state index is 12.9. The van der Waals surface area contributed by atoms with Gasteiger partial charge in [0.15, 0.2) is 0 Å². The number of rotatable bonds is 5. The first-order valence-corrected chi connectivity index (χ1v) is 8.88. The van der Waals surface area contributed by atoms with Crippen LogP contribution in [0.3, 0.4) is 0 Å². The number of aromatic amines is 1. The zero-order valence-corrected chi connectivity index (χ0v) is 15.1. The second-order valence-corrected chi connectivity index (χ2v) is 6.77. The number of halogens is 1. The summed E-state index contributed by atoms with van der Waals surface area (Å²) in [6, 6.07) is 5.84. The first kappa shape index (κ1) is 18.9. The molecular formula is C19H22FN3O4. The molecule has 1 fully saturated rings. The Hall–Kier alpha value is -2.90. The van der Waals surface area contributed by atoms with E-state index in [9.17, 15) is 18.8 Å². The van der Waals surface area contributed by atoms with Gasteiger partial charge in [-0.3, -0.25) is 14.2 Å². The topological polar surface area (TPSA) is 84.4 Å². The molecule has 1 aliphatic rings. The Morgan fingerprint density at radius 2 is 2.04 bits per heavy atom. The van der Waals surface area contributed by atoms with Crippen molar-refractivity contribution in [3.05, 3.63) is 62.7 Å². The average molecular weight is 375 g/mol. The highest BCUT2D eigenvalue weighted by molar-refractivity contribution is 5.78. The van der Waals surface area contributed by atoms with E-state index in [-0.39, 0.29) is 29.6 Å². The van der Waals surface area contributed by atoms with Crippen LogP contribution in [0.1, 0.15) is 18.4 Å². The number of H-pyrrole nitrogens is 1. The van der Waals surface area contributed by atoms with Gasteiger partial charge in [0, 0.05) is 37.8 Å². The molecule has 1 aromatic carbocycles. The minimum atomic E-state index is -0.507. The van der Waals surface area contributed by atoms with Crippen LogP contribution < -0.4 is 16.0 Å². The molecule has 2 heterocycles. The van der Waals surface area contributed by atoms with Gasteiger partial charge in [0.05, 0.1) is 13.0 Å². The SMILES string of the molecule is Cn1c(=O)[nH]cc(CC(=O)N2CCCC(COc3ccc(F)cc3)C2)c1=O. The van der Waals surface area contributed by atoms with Crippen LogP contribution in [0, 0.1) is 11.7 Å². The van der Waals surface area contributed by atoms with Crippen LogP contribution >= 0.6 is 0 Å². The Kier molecular flexibility index (Phi) is 5.73. The van der Waals surface area contributed by atoms with Gasteiger partial charge in [-0.05, 0) is 37.1 Å². The van der Waals surface area contributed by atoms with Gasteiger partial charge < -0.3 is 14.6 Å². The quantitative estimate of drug-likeness (QED) is 0.847. The van der Waals surface area contributed by atoms with Crippen LogP contribution in [0.15, 0.2) is 40.1 Å². The maximum Gasteiger partial charge on any atom is 0.328 e. The number of nitrogens with one attached hydrogen (secondary N) is 1. The molecule has 0 bridgehead atoms. The summed E-state index contributed by atoms with van der Waals surface area (Å²) in [6.45, 7) is 1.62. The Morgan fingerprint density at radius 1 is 1.30 bits per heavy atom. The fourth-order valence-electron chi connectivity index (χ4n) is 3.19. The smallest absolute Gasteiger partial charge is 0.328 e. The lowest BCUT2D eigenvalue weighted by Gasteiger charge is -2.32. The van der Waals surface area contributed by atoms with Crippen LogP contribution in [-0.4, -0.2) is 40.1 Å². The summed E-state index contributed by atoms with van der Waals surface area (Å²) in [7, 11) is 1.37. The molecule has 1 saturated heterocycles. The number of ether oxygens (including phenoxy) is 1. The molecule has 1 aromatic heterocycles. The molecule has 144 valence electrons. The molecule has 0 spiro atoms. The highest BCUT2D eigenvalue weighted by Crippen LogP contribution is 2.19. The first-order chi connectivity index (χ1) is 12.9. The molecule has 0 saturated carbocycles. The Morgan fingerprint density at radius 3 is 2.78 bits per heavy atom. The van der Waals surface area contributed by atoms with Crippen molar-refractivity contribution in [3.8, 4) is 5.75 Å². The lowest BCUT2D eigenvalue weighted by molar-refractivity contribution is -0.132. The minimum absolute atomic E-state index is 0.0466. The Bertz CT molecular complexity index is 920. The number of amides is 1. The first-order valence-electron chi connectivity index (χ1n) is 8.88. The predicted molar refractivity (Wildman–Crippen MR) is 97.2 cm³/mol. The molecule has 1 N–H and O–H groups in total. The van der Waals surface area contributed by atoms with Crippen molar-refractivity contribution in [1.82, 2.24) is 14.5 Å². The molecule has 1 aliphatic heterocycles. The van der Waals surface area contributed by atoms with Crippen molar-refractivity contribution in [3.63, 3.8) is 0 Å². The van der Waals surface area contributed by atoms with Crippen molar-refractivity contribution < 1.29 is 13.9 Å². The number of benzene rings is 1. The average Bonchev–Trinajstić information content (AvgIpc) is 2.68. The summed E-state index contributed by atoms with van der Waals surface area (Å²) in [5.41, 5.74) is -0.695. The van der Waals surface area contributed by atoms with E-state index in [1.807, 2.05) is 0 Å². The third-order valence-electron chi connectivity index (χ3n) is 4.77. The zero-order valence-electron chi connectivity index (χ0n) is 15.1. The second-order valence-electron chi connectivity index (χ2n) is 6.77. The van der Waals surface area contributed by atoms with Crippen molar-refractivity contribution in [1.29, 1.82) is 0 Å². The van der Waals surface area contributed by atoms with Gasteiger partial charge in [0.2, 0.25) is 5.91 Å². The van der Waals surface area contributed by atoms with E-state index in [2.05, 4.69) is 4.98 Å². The summed E-state index contributed by atoms with van der Waals surface area (Å²) < 4.78 is 19.6. The highest BCUT2D eigenvalue weighted by Gasteiger charge is 2.25. The molecule has 8 heteroatoms. The van der Waals surface area contributed by atoms with E-state index in [4.69, 9.17) is 4.74 Å². The zero-order chi connectivity index (χ0) is 19.4. The van der Waals surface area contributed by atoms with Crippen LogP contribution in [0.25, 0.3) is 0 Å². The summed E-state index contributed by atoms with van der Waals surface area (Å²) in [4.78, 5) is 40.3. The lowest BCUT2D eigenvalue weighted by atomic mass is 9.98. The van der Waals surface area contributed by atoms with Crippen LogP contribution in [-0.2, 0) is 18.3 Å². The summed E-state index contributed by atoms with van der Waals surface area (Å²) in [5.74, 6) is 0.304. The van der Waals surface area contributed by atoms with E-state index >= 15 is 0 Å². The third-order valence-corrected chi connectivity index (χ3v) is 4.77. The molecule has 1 unspecified atom stereocenters. The van der Waals surface area contributed by atoms with E-state index in [1.54, 1.807) is 17.0 Å². The molecule has 2 aromatic rings. The molecule has 0 radical (unpaired) electrons. The van der Waals surface area contributed by atoms with Crippen molar-refractivity contribution in [2.45, 2.75) is 19.3 Å². The number of likely N-dealkylation sites (tertiary alicyclic amines) is 1. The lowest BCUT2D eigenvalue weighted by Crippen LogP contribution is -2.43. The van der Waals surface area contributed by atoms with Gasteiger partial charge in [0.25, 0.3) is 5.56 Å². The molecular weight excluding hydrogens is 353 g/mol. The third kappa shape index (κ3) is 4.64. The fourth-order valence-corrected chi connectivity index (χ4v) is 3.19. The number of nitrogens with zero attached hydrogens (tertiary/aromatic N) is 2. The molecule has 27 heavy (non-hydrogen) atoms. The number of hydrogen-bond donors (Lipinski definition) is 1. The maximum absolute atomic E-state index is 12.9. The van der Waals surface area contributed by atoms with Crippen molar-refractivity contribution in [2.24, 2.45) is 13.0 Å².